The molecule has 0 spiro atoms. The van der Waals surface area contributed by atoms with E-state index in [1.807, 2.05) is 25.1 Å². The molecule has 0 aliphatic heterocycles. The number of amides is 2. The SMILES string of the molecule is Cc1cccc(C(=O)NCCNC(=O)C2CC2)c1. The minimum absolute atomic E-state index is 0.0978. The van der Waals surface area contributed by atoms with Crippen molar-refractivity contribution in [1.82, 2.24) is 10.6 Å². The van der Waals surface area contributed by atoms with E-state index in [9.17, 15) is 9.59 Å². The van der Waals surface area contributed by atoms with Gasteiger partial charge in [0.05, 0.1) is 0 Å². The van der Waals surface area contributed by atoms with Crippen LogP contribution in [-0.4, -0.2) is 24.9 Å². The quantitative estimate of drug-likeness (QED) is 0.768. The van der Waals surface area contributed by atoms with Crippen molar-refractivity contribution in [3.8, 4) is 0 Å². The normalized spacial score (nSPS) is 14.1. The smallest absolute Gasteiger partial charge is 0.251 e. The molecule has 0 aromatic heterocycles. The Hall–Kier alpha value is -1.84. The molecule has 2 amide bonds. The largest absolute Gasteiger partial charge is 0.354 e. The first-order chi connectivity index (χ1) is 8.66. The number of benzene rings is 1. The molecule has 0 saturated heterocycles. The summed E-state index contributed by atoms with van der Waals surface area (Å²) < 4.78 is 0. The monoisotopic (exact) mass is 246 g/mol. The highest BCUT2D eigenvalue weighted by atomic mass is 16.2. The zero-order valence-corrected chi connectivity index (χ0v) is 10.5. The van der Waals surface area contributed by atoms with E-state index in [1.165, 1.54) is 0 Å². The van der Waals surface area contributed by atoms with Crippen LogP contribution in [0.4, 0.5) is 0 Å². The summed E-state index contributed by atoms with van der Waals surface area (Å²) in [5.74, 6) is 0.233. The number of nitrogens with one attached hydrogen (secondary N) is 2. The first-order valence-electron chi connectivity index (χ1n) is 6.29. The van der Waals surface area contributed by atoms with Gasteiger partial charge in [-0.2, -0.15) is 0 Å². The third-order valence-electron chi connectivity index (χ3n) is 2.94. The Bertz CT molecular complexity index is 453. The molecule has 1 aliphatic rings. The first kappa shape index (κ1) is 12.6. The van der Waals surface area contributed by atoms with E-state index in [0.717, 1.165) is 18.4 Å². The molecule has 0 atom stereocenters. The van der Waals surface area contributed by atoms with Gasteiger partial charge in [0, 0.05) is 24.6 Å². The first-order valence-corrected chi connectivity index (χ1v) is 6.29. The van der Waals surface area contributed by atoms with Crippen LogP contribution in [0.15, 0.2) is 24.3 Å². The van der Waals surface area contributed by atoms with Crippen LogP contribution >= 0.6 is 0 Å². The molecule has 2 rings (SSSR count). The van der Waals surface area contributed by atoms with E-state index in [2.05, 4.69) is 10.6 Å². The van der Waals surface area contributed by atoms with Crippen LogP contribution < -0.4 is 10.6 Å². The Morgan fingerprint density at radius 3 is 2.61 bits per heavy atom. The molecule has 2 N–H and O–H groups in total. The van der Waals surface area contributed by atoms with Crippen LogP contribution in [0.2, 0.25) is 0 Å². The fourth-order valence-electron chi connectivity index (χ4n) is 1.74. The summed E-state index contributed by atoms with van der Waals surface area (Å²) in [4.78, 5) is 23.1. The summed E-state index contributed by atoms with van der Waals surface area (Å²) in [7, 11) is 0. The molecule has 0 heterocycles. The van der Waals surface area contributed by atoms with Crippen LogP contribution in [0.25, 0.3) is 0 Å². The highest BCUT2D eigenvalue weighted by molar-refractivity contribution is 5.94. The lowest BCUT2D eigenvalue weighted by molar-refractivity contribution is -0.122. The standard InChI is InChI=1S/C14H18N2O2/c1-10-3-2-4-12(9-10)14(18)16-8-7-15-13(17)11-5-6-11/h2-4,9,11H,5-8H2,1H3,(H,15,17)(H,16,18). The molecule has 1 aromatic carbocycles. The van der Waals surface area contributed by atoms with Crippen molar-refractivity contribution < 1.29 is 9.59 Å². The molecular weight excluding hydrogens is 228 g/mol. The molecule has 1 fully saturated rings. The topological polar surface area (TPSA) is 58.2 Å². The fourth-order valence-corrected chi connectivity index (χ4v) is 1.74. The van der Waals surface area contributed by atoms with Gasteiger partial charge in [0.15, 0.2) is 0 Å². The van der Waals surface area contributed by atoms with Gasteiger partial charge in [-0.05, 0) is 31.9 Å². The van der Waals surface area contributed by atoms with E-state index < -0.39 is 0 Å². The molecule has 0 bridgehead atoms. The maximum absolute atomic E-state index is 11.8. The molecule has 96 valence electrons. The average Bonchev–Trinajstić information content (AvgIpc) is 3.18. The lowest BCUT2D eigenvalue weighted by Gasteiger charge is -2.07. The lowest BCUT2D eigenvalue weighted by atomic mass is 10.1. The zero-order chi connectivity index (χ0) is 13.0. The highest BCUT2D eigenvalue weighted by Crippen LogP contribution is 2.28. The molecule has 0 radical (unpaired) electrons. The molecule has 0 unspecified atom stereocenters. The predicted molar refractivity (Wildman–Crippen MR) is 69.2 cm³/mol. The summed E-state index contributed by atoms with van der Waals surface area (Å²) in [6.45, 7) is 2.91. The third kappa shape index (κ3) is 3.58. The van der Waals surface area contributed by atoms with Gasteiger partial charge >= 0.3 is 0 Å². The number of rotatable bonds is 5. The number of hydrogen-bond acceptors (Lipinski definition) is 2. The van der Waals surface area contributed by atoms with Gasteiger partial charge in [0.1, 0.15) is 0 Å². The predicted octanol–water partition coefficient (Wildman–Crippen LogP) is 1.25. The van der Waals surface area contributed by atoms with Crippen LogP contribution in [0, 0.1) is 12.8 Å². The minimum Gasteiger partial charge on any atom is -0.354 e. The molecule has 1 aromatic rings. The zero-order valence-electron chi connectivity index (χ0n) is 10.5. The summed E-state index contributed by atoms with van der Waals surface area (Å²) in [6, 6.07) is 7.44. The summed E-state index contributed by atoms with van der Waals surface area (Å²) >= 11 is 0. The molecule has 4 nitrogen and oxygen atoms in total. The van der Waals surface area contributed by atoms with E-state index in [-0.39, 0.29) is 17.7 Å². The van der Waals surface area contributed by atoms with E-state index in [4.69, 9.17) is 0 Å². The molecule has 18 heavy (non-hydrogen) atoms. The maximum Gasteiger partial charge on any atom is 0.251 e. The van der Waals surface area contributed by atoms with Crippen molar-refractivity contribution in [1.29, 1.82) is 0 Å². The number of hydrogen-bond donors (Lipinski definition) is 2. The second-order valence-electron chi connectivity index (χ2n) is 4.69. The molecule has 1 aliphatic carbocycles. The number of carbonyl (C=O) groups is 2. The molecule has 4 heteroatoms. The van der Waals surface area contributed by atoms with E-state index in [1.54, 1.807) is 6.07 Å². The van der Waals surface area contributed by atoms with Crippen LogP contribution in [0.3, 0.4) is 0 Å². The van der Waals surface area contributed by atoms with E-state index in [0.29, 0.717) is 18.7 Å². The lowest BCUT2D eigenvalue weighted by Crippen LogP contribution is -2.35. The van der Waals surface area contributed by atoms with Gasteiger partial charge in [-0.15, -0.1) is 0 Å². The Kier molecular flexibility index (Phi) is 3.97. The summed E-state index contributed by atoms with van der Waals surface area (Å²) in [6.07, 6.45) is 2.00. The minimum atomic E-state index is -0.0978. The van der Waals surface area contributed by atoms with Crippen LogP contribution in [-0.2, 0) is 4.79 Å². The third-order valence-corrected chi connectivity index (χ3v) is 2.94. The molecule has 1 saturated carbocycles. The van der Waals surface area contributed by atoms with E-state index >= 15 is 0 Å². The Morgan fingerprint density at radius 1 is 1.22 bits per heavy atom. The van der Waals surface area contributed by atoms with Crippen molar-refractivity contribution in [2.24, 2.45) is 5.92 Å². The van der Waals surface area contributed by atoms with Crippen molar-refractivity contribution in [2.45, 2.75) is 19.8 Å². The average molecular weight is 246 g/mol. The van der Waals surface area contributed by atoms with Crippen molar-refractivity contribution in [2.75, 3.05) is 13.1 Å². The van der Waals surface area contributed by atoms with Gasteiger partial charge < -0.3 is 10.6 Å². The van der Waals surface area contributed by atoms with Gasteiger partial charge in [-0.3, -0.25) is 9.59 Å². The van der Waals surface area contributed by atoms with Crippen molar-refractivity contribution in [3.05, 3.63) is 35.4 Å². The number of carbonyl (C=O) groups excluding carboxylic acids is 2. The second kappa shape index (κ2) is 5.67. The maximum atomic E-state index is 11.8. The van der Waals surface area contributed by atoms with Crippen LogP contribution in [0.1, 0.15) is 28.8 Å². The van der Waals surface area contributed by atoms with Crippen LogP contribution in [0.5, 0.6) is 0 Å². The van der Waals surface area contributed by atoms with Crippen molar-refractivity contribution >= 4 is 11.8 Å². The fraction of sp³-hybridized carbons (Fsp3) is 0.429. The summed E-state index contributed by atoms with van der Waals surface area (Å²) in [5, 5.41) is 5.60. The van der Waals surface area contributed by atoms with Gasteiger partial charge in [-0.1, -0.05) is 17.7 Å². The highest BCUT2D eigenvalue weighted by Gasteiger charge is 2.28. The molecular formula is C14H18N2O2. The Balaban J connectivity index is 1.69. The Labute approximate surface area is 107 Å². The van der Waals surface area contributed by atoms with Gasteiger partial charge in [-0.25, -0.2) is 0 Å². The second-order valence-corrected chi connectivity index (χ2v) is 4.69. The number of aryl methyl sites for hydroxylation is 1. The van der Waals surface area contributed by atoms with Crippen molar-refractivity contribution in [3.63, 3.8) is 0 Å². The summed E-state index contributed by atoms with van der Waals surface area (Å²) in [5.41, 5.74) is 1.72. The Morgan fingerprint density at radius 2 is 1.94 bits per heavy atom. The van der Waals surface area contributed by atoms with Gasteiger partial charge in [0.2, 0.25) is 5.91 Å². The van der Waals surface area contributed by atoms with Gasteiger partial charge in [0.25, 0.3) is 5.91 Å².